The minimum absolute atomic E-state index is 0.00650. The second-order valence-corrected chi connectivity index (χ2v) is 12.5. The normalized spacial score (nSPS) is 11.9. The quantitative estimate of drug-likeness (QED) is 0.179. The summed E-state index contributed by atoms with van der Waals surface area (Å²) in [4.78, 5) is 29.5. The third-order valence-electron chi connectivity index (χ3n) is 7.30. The molecule has 230 valence electrons. The highest BCUT2D eigenvalue weighted by molar-refractivity contribution is 7.92. The lowest BCUT2D eigenvalue weighted by Crippen LogP contribution is -2.53. The zero-order valence-electron chi connectivity index (χ0n) is 25.0. The zero-order valence-corrected chi connectivity index (χ0v) is 25.8. The van der Waals surface area contributed by atoms with E-state index in [1.165, 1.54) is 29.2 Å². The van der Waals surface area contributed by atoms with E-state index in [9.17, 15) is 22.4 Å². The van der Waals surface area contributed by atoms with Crippen LogP contribution >= 0.6 is 0 Å². The number of nitrogens with one attached hydrogen (secondary N) is 1. The van der Waals surface area contributed by atoms with Crippen molar-refractivity contribution in [3.05, 3.63) is 132 Å². The summed E-state index contributed by atoms with van der Waals surface area (Å²) in [5.74, 6) is -1.42. The fourth-order valence-electron chi connectivity index (χ4n) is 4.81. The van der Waals surface area contributed by atoms with E-state index in [-0.39, 0.29) is 29.5 Å². The Morgan fingerprint density at radius 3 is 2.00 bits per heavy atom. The molecule has 0 aliphatic heterocycles. The fourth-order valence-corrected chi connectivity index (χ4v) is 6.23. The number of anilines is 1. The Morgan fingerprint density at radius 2 is 1.41 bits per heavy atom. The molecule has 0 spiro atoms. The van der Waals surface area contributed by atoms with E-state index >= 15 is 0 Å². The largest absolute Gasteiger partial charge is 0.354 e. The van der Waals surface area contributed by atoms with Crippen LogP contribution in [-0.4, -0.2) is 44.3 Å². The summed E-state index contributed by atoms with van der Waals surface area (Å²) >= 11 is 0. The van der Waals surface area contributed by atoms with Gasteiger partial charge in [-0.05, 0) is 60.9 Å². The summed E-state index contributed by atoms with van der Waals surface area (Å²) in [7, 11) is -4.24. The van der Waals surface area contributed by atoms with Crippen molar-refractivity contribution < 1.29 is 22.4 Å². The molecule has 4 aromatic rings. The number of nitrogens with zero attached hydrogens (tertiary/aromatic N) is 2. The van der Waals surface area contributed by atoms with E-state index in [0.717, 1.165) is 46.0 Å². The summed E-state index contributed by atoms with van der Waals surface area (Å²) in [5, 5.41) is 2.97. The predicted octanol–water partition coefficient (Wildman–Crippen LogP) is 5.89. The van der Waals surface area contributed by atoms with Gasteiger partial charge in [-0.3, -0.25) is 13.9 Å². The van der Waals surface area contributed by atoms with E-state index in [1.807, 2.05) is 74.5 Å². The fraction of sp³-hybridized carbons (Fsp3) is 0.257. The molecule has 2 amide bonds. The van der Waals surface area contributed by atoms with Gasteiger partial charge in [0.25, 0.3) is 10.0 Å². The van der Waals surface area contributed by atoms with Crippen LogP contribution in [0, 0.1) is 12.7 Å². The Morgan fingerprint density at radius 1 is 0.818 bits per heavy atom. The minimum atomic E-state index is -4.24. The number of benzene rings is 4. The van der Waals surface area contributed by atoms with Crippen molar-refractivity contribution in [1.29, 1.82) is 0 Å². The second kappa shape index (κ2) is 15.3. The molecule has 0 radical (unpaired) electrons. The molecule has 0 saturated heterocycles. The molecule has 0 aliphatic rings. The molecule has 7 nitrogen and oxygen atoms in total. The number of unbranched alkanes of at least 4 members (excludes halogenated alkanes) is 1. The van der Waals surface area contributed by atoms with Crippen LogP contribution < -0.4 is 9.62 Å². The molecule has 0 saturated carbocycles. The lowest BCUT2D eigenvalue weighted by atomic mass is 10.0. The molecule has 1 atom stereocenters. The summed E-state index contributed by atoms with van der Waals surface area (Å²) in [6.45, 7) is 3.81. The van der Waals surface area contributed by atoms with Crippen LogP contribution in [0.5, 0.6) is 0 Å². The molecule has 4 rings (SSSR count). The molecule has 44 heavy (non-hydrogen) atoms. The summed E-state index contributed by atoms with van der Waals surface area (Å²) in [6, 6.07) is 29.0. The van der Waals surface area contributed by atoms with Gasteiger partial charge in [0.15, 0.2) is 0 Å². The van der Waals surface area contributed by atoms with Crippen LogP contribution in [0.25, 0.3) is 0 Å². The lowest BCUT2D eigenvalue weighted by molar-refractivity contribution is -0.140. The summed E-state index contributed by atoms with van der Waals surface area (Å²) in [6.07, 6.45) is 1.90. The molecule has 0 bridgehead atoms. The predicted molar refractivity (Wildman–Crippen MR) is 171 cm³/mol. The average molecular weight is 616 g/mol. The van der Waals surface area contributed by atoms with Gasteiger partial charge in [0.05, 0.1) is 10.6 Å². The zero-order chi connectivity index (χ0) is 31.5. The standard InChI is InChI=1S/C35H38FN3O4S/c1-3-4-23-37-35(41)33(24-28-11-7-5-8-12-28)38(25-29-13-9-6-10-14-29)34(40)26-39(31-19-17-30(36)18-20-31)44(42,43)32-21-15-27(2)16-22-32/h5-22,33H,3-4,23-26H2,1-2H3,(H,37,41)/t33-/m0/s1. The third kappa shape index (κ3) is 8.54. The monoisotopic (exact) mass is 615 g/mol. The molecule has 0 unspecified atom stereocenters. The van der Waals surface area contributed by atoms with Crippen LogP contribution in [-0.2, 0) is 32.6 Å². The first kappa shape index (κ1) is 32.4. The minimum Gasteiger partial charge on any atom is -0.354 e. The topological polar surface area (TPSA) is 86.8 Å². The molecule has 4 aromatic carbocycles. The third-order valence-corrected chi connectivity index (χ3v) is 9.09. The number of sulfonamides is 1. The van der Waals surface area contributed by atoms with Gasteiger partial charge >= 0.3 is 0 Å². The van der Waals surface area contributed by atoms with Crippen LogP contribution in [0.15, 0.2) is 114 Å². The average Bonchev–Trinajstić information content (AvgIpc) is 3.03. The molecule has 0 heterocycles. The van der Waals surface area contributed by atoms with Gasteiger partial charge in [0.2, 0.25) is 11.8 Å². The van der Waals surface area contributed by atoms with E-state index in [0.29, 0.717) is 6.54 Å². The smallest absolute Gasteiger partial charge is 0.264 e. The van der Waals surface area contributed by atoms with Crippen molar-refractivity contribution in [2.75, 3.05) is 17.4 Å². The number of halogens is 1. The SMILES string of the molecule is CCCCNC(=O)[C@H](Cc1ccccc1)N(Cc1ccccc1)C(=O)CN(c1ccc(F)cc1)S(=O)(=O)c1ccc(C)cc1. The summed E-state index contributed by atoms with van der Waals surface area (Å²) < 4.78 is 42.9. The molecular weight excluding hydrogens is 577 g/mol. The molecule has 0 fully saturated rings. The van der Waals surface area contributed by atoms with Crippen molar-refractivity contribution in [3.8, 4) is 0 Å². The number of carbonyl (C=O) groups excluding carboxylic acids is 2. The molecule has 1 N–H and O–H groups in total. The van der Waals surface area contributed by atoms with E-state index in [2.05, 4.69) is 5.32 Å². The second-order valence-electron chi connectivity index (χ2n) is 10.7. The Bertz CT molecular complexity index is 1610. The number of carbonyl (C=O) groups is 2. The Hall–Kier alpha value is -4.50. The van der Waals surface area contributed by atoms with Gasteiger partial charge in [-0.25, -0.2) is 12.8 Å². The van der Waals surface area contributed by atoms with Gasteiger partial charge < -0.3 is 10.2 Å². The maximum atomic E-state index is 14.4. The van der Waals surface area contributed by atoms with Gasteiger partial charge in [-0.2, -0.15) is 0 Å². The maximum Gasteiger partial charge on any atom is 0.264 e. The van der Waals surface area contributed by atoms with Crippen molar-refractivity contribution in [2.24, 2.45) is 0 Å². The first-order valence-electron chi connectivity index (χ1n) is 14.7. The molecular formula is C35H38FN3O4S. The maximum absolute atomic E-state index is 14.4. The highest BCUT2D eigenvalue weighted by atomic mass is 32.2. The number of hydrogen-bond acceptors (Lipinski definition) is 4. The number of aryl methyl sites for hydroxylation is 1. The van der Waals surface area contributed by atoms with Gasteiger partial charge in [-0.15, -0.1) is 0 Å². The van der Waals surface area contributed by atoms with Gasteiger partial charge in [0.1, 0.15) is 18.4 Å². The Kier molecular flexibility index (Phi) is 11.3. The van der Waals surface area contributed by atoms with Crippen molar-refractivity contribution in [2.45, 2.75) is 50.6 Å². The van der Waals surface area contributed by atoms with Crippen molar-refractivity contribution in [1.82, 2.24) is 10.2 Å². The van der Waals surface area contributed by atoms with E-state index in [4.69, 9.17) is 0 Å². The molecule has 0 aromatic heterocycles. The van der Waals surface area contributed by atoms with Crippen LogP contribution in [0.3, 0.4) is 0 Å². The molecule has 9 heteroatoms. The first-order chi connectivity index (χ1) is 21.2. The highest BCUT2D eigenvalue weighted by Gasteiger charge is 2.34. The summed E-state index contributed by atoms with van der Waals surface area (Å²) in [5.41, 5.74) is 2.65. The molecule has 0 aliphatic carbocycles. The van der Waals surface area contributed by atoms with Crippen LogP contribution in [0.1, 0.15) is 36.5 Å². The van der Waals surface area contributed by atoms with E-state index < -0.39 is 34.3 Å². The first-order valence-corrected chi connectivity index (χ1v) is 16.1. The Balaban J connectivity index is 1.77. The van der Waals surface area contributed by atoms with Crippen molar-refractivity contribution in [3.63, 3.8) is 0 Å². The number of amides is 2. The van der Waals surface area contributed by atoms with Crippen molar-refractivity contribution >= 4 is 27.5 Å². The van der Waals surface area contributed by atoms with Gasteiger partial charge in [0, 0.05) is 19.5 Å². The van der Waals surface area contributed by atoms with E-state index in [1.54, 1.807) is 12.1 Å². The highest BCUT2D eigenvalue weighted by Crippen LogP contribution is 2.25. The van der Waals surface area contributed by atoms with Gasteiger partial charge in [-0.1, -0.05) is 91.7 Å². The Labute approximate surface area is 259 Å². The lowest BCUT2D eigenvalue weighted by Gasteiger charge is -2.34. The van der Waals surface area contributed by atoms with Crippen LogP contribution in [0.4, 0.5) is 10.1 Å². The van der Waals surface area contributed by atoms with Crippen LogP contribution in [0.2, 0.25) is 0 Å². The number of hydrogen-bond donors (Lipinski definition) is 1. The number of rotatable bonds is 14.